The van der Waals surface area contributed by atoms with E-state index in [9.17, 15) is 14.9 Å². The SMILES string of the molecule is O=C(CSc1nc2ccc([N+](=O)[O-])cc2s1)NC1CCCCC1. The van der Waals surface area contributed by atoms with Crippen molar-refractivity contribution in [3.05, 3.63) is 28.3 Å². The summed E-state index contributed by atoms with van der Waals surface area (Å²) in [6, 6.07) is 4.94. The van der Waals surface area contributed by atoms with Crippen LogP contribution in [0.5, 0.6) is 0 Å². The van der Waals surface area contributed by atoms with Crippen LogP contribution in [0.2, 0.25) is 0 Å². The molecule has 1 aromatic carbocycles. The number of amides is 1. The molecule has 1 saturated carbocycles. The zero-order valence-electron chi connectivity index (χ0n) is 12.5. The fourth-order valence-corrected chi connectivity index (χ4v) is 4.62. The van der Waals surface area contributed by atoms with Crippen molar-refractivity contribution < 1.29 is 9.72 Å². The molecule has 1 amide bonds. The van der Waals surface area contributed by atoms with Crippen LogP contribution < -0.4 is 5.32 Å². The predicted octanol–water partition coefficient (Wildman–Crippen LogP) is 3.75. The molecule has 0 saturated heterocycles. The first-order valence-electron chi connectivity index (χ1n) is 7.59. The zero-order chi connectivity index (χ0) is 16.2. The Morgan fingerprint density at radius 3 is 2.91 bits per heavy atom. The maximum absolute atomic E-state index is 12.0. The van der Waals surface area contributed by atoms with Gasteiger partial charge in [0, 0.05) is 18.2 Å². The number of hydrogen-bond acceptors (Lipinski definition) is 6. The van der Waals surface area contributed by atoms with Crippen molar-refractivity contribution in [2.45, 2.75) is 42.5 Å². The Hall–Kier alpha value is -1.67. The van der Waals surface area contributed by atoms with E-state index in [0.717, 1.165) is 27.4 Å². The van der Waals surface area contributed by atoms with Gasteiger partial charge >= 0.3 is 0 Å². The Labute approximate surface area is 141 Å². The monoisotopic (exact) mass is 351 g/mol. The van der Waals surface area contributed by atoms with E-state index >= 15 is 0 Å². The fraction of sp³-hybridized carbons (Fsp3) is 0.467. The summed E-state index contributed by atoms with van der Waals surface area (Å²) >= 11 is 2.77. The molecular formula is C15H17N3O3S2. The predicted molar refractivity (Wildman–Crippen MR) is 92.0 cm³/mol. The minimum Gasteiger partial charge on any atom is -0.353 e. The van der Waals surface area contributed by atoms with Gasteiger partial charge in [-0.2, -0.15) is 0 Å². The minimum atomic E-state index is -0.413. The van der Waals surface area contributed by atoms with Gasteiger partial charge in [-0.15, -0.1) is 11.3 Å². The number of thiazole rings is 1. The third-order valence-corrected chi connectivity index (χ3v) is 6.02. The van der Waals surface area contributed by atoms with Crippen molar-refractivity contribution in [2.24, 2.45) is 0 Å². The minimum absolute atomic E-state index is 0.0344. The number of thioether (sulfide) groups is 1. The number of carbonyl (C=O) groups excluding carboxylic acids is 1. The number of benzene rings is 1. The fourth-order valence-electron chi connectivity index (χ4n) is 2.71. The van der Waals surface area contributed by atoms with Gasteiger partial charge in [0.05, 0.1) is 20.9 Å². The first-order valence-corrected chi connectivity index (χ1v) is 9.39. The second-order valence-corrected chi connectivity index (χ2v) is 7.83. The number of fused-ring (bicyclic) bond motifs is 1. The van der Waals surface area contributed by atoms with Crippen molar-refractivity contribution in [1.29, 1.82) is 0 Å². The summed E-state index contributed by atoms with van der Waals surface area (Å²) in [5.41, 5.74) is 0.795. The molecule has 3 rings (SSSR count). The van der Waals surface area contributed by atoms with Gasteiger partial charge in [-0.05, 0) is 18.9 Å². The van der Waals surface area contributed by atoms with E-state index < -0.39 is 4.92 Å². The van der Waals surface area contributed by atoms with Crippen LogP contribution in [0, 0.1) is 10.1 Å². The van der Waals surface area contributed by atoms with Crippen molar-refractivity contribution in [3.8, 4) is 0 Å². The van der Waals surface area contributed by atoms with Gasteiger partial charge in [0.25, 0.3) is 5.69 Å². The van der Waals surface area contributed by atoms with Gasteiger partial charge < -0.3 is 5.32 Å². The Bertz CT molecular complexity index is 726. The second kappa shape index (κ2) is 7.27. The molecule has 0 unspecified atom stereocenters. The average Bonchev–Trinajstić information content (AvgIpc) is 2.96. The number of hydrogen-bond donors (Lipinski definition) is 1. The van der Waals surface area contributed by atoms with Gasteiger partial charge in [-0.3, -0.25) is 14.9 Å². The third kappa shape index (κ3) is 4.20. The lowest BCUT2D eigenvalue weighted by atomic mass is 9.95. The van der Waals surface area contributed by atoms with Crippen LogP contribution in [-0.2, 0) is 4.79 Å². The highest BCUT2D eigenvalue weighted by Crippen LogP contribution is 2.31. The zero-order valence-corrected chi connectivity index (χ0v) is 14.1. The van der Waals surface area contributed by atoms with Crippen LogP contribution in [0.3, 0.4) is 0 Å². The van der Waals surface area contributed by atoms with E-state index in [1.165, 1.54) is 54.5 Å². The lowest BCUT2D eigenvalue weighted by Crippen LogP contribution is -2.37. The quantitative estimate of drug-likeness (QED) is 0.504. The molecule has 0 atom stereocenters. The van der Waals surface area contributed by atoms with Crippen LogP contribution in [0.15, 0.2) is 22.5 Å². The number of non-ortho nitro benzene ring substituents is 1. The number of rotatable bonds is 5. The average molecular weight is 351 g/mol. The van der Waals surface area contributed by atoms with Crippen LogP contribution >= 0.6 is 23.1 Å². The number of carbonyl (C=O) groups is 1. The van der Waals surface area contributed by atoms with Gasteiger partial charge in [-0.1, -0.05) is 31.0 Å². The Balaban J connectivity index is 1.58. The molecule has 1 aromatic heterocycles. The first kappa shape index (κ1) is 16.2. The van der Waals surface area contributed by atoms with Gasteiger partial charge in [0.15, 0.2) is 4.34 Å². The molecule has 23 heavy (non-hydrogen) atoms. The molecule has 0 spiro atoms. The molecule has 1 heterocycles. The van der Waals surface area contributed by atoms with E-state index in [0.29, 0.717) is 11.8 Å². The van der Waals surface area contributed by atoms with E-state index in [4.69, 9.17) is 0 Å². The molecular weight excluding hydrogens is 334 g/mol. The summed E-state index contributed by atoms with van der Waals surface area (Å²) in [6.07, 6.45) is 5.78. The third-order valence-electron chi connectivity index (χ3n) is 3.86. The summed E-state index contributed by atoms with van der Waals surface area (Å²) in [5, 5.41) is 13.9. The highest BCUT2D eigenvalue weighted by Gasteiger charge is 2.16. The smallest absolute Gasteiger partial charge is 0.270 e. The molecule has 1 fully saturated rings. The molecule has 122 valence electrons. The summed E-state index contributed by atoms with van der Waals surface area (Å²) < 4.78 is 1.54. The molecule has 1 N–H and O–H groups in total. The van der Waals surface area contributed by atoms with Crippen molar-refractivity contribution in [1.82, 2.24) is 10.3 Å². The first-order chi connectivity index (χ1) is 11.1. The summed E-state index contributed by atoms with van der Waals surface area (Å²) in [4.78, 5) is 26.8. The van der Waals surface area contributed by atoms with Crippen LogP contribution in [0.25, 0.3) is 10.2 Å². The van der Waals surface area contributed by atoms with E-state index in [2.05, 4.69) is 10.3 Å². The largest absolute Gasteiger partial charge is 0.353 e. The maximum atomic E-state index is 12.0. The van der Waals surface area contributed by atoms with Crippen molar-refractivity contribution >= 4 is 44.9 Å². The molecule has 0 radical (unpaired) electrons. The van der Waals surface area contributed by atoms with Gasteiger partial charge in [-0.25, -0.2) is 4.98 Å². The number of nitro groups is 1. The highest BCUT2D eigenvalue weighted by molar-refractivity contribution is 8.01. The number of nitrogens with zero attached hydrogens (tertiary/aromatic N) is 2. The standard InChI is InChI=1S/C15H17N3O3S2/c19-14(16-10-4-2-1-3-5-10)9-22-15-17-12-7-6-11(18(20)21)8-13(12)23-15/h6-8,10H,1-5,9H2,(H,16,19). The van der Waals surface area contributed by atoms with E-state index in [1.807, 2.05) is 0 Å². The summed E-state index contributed by atoms with van der Waals surface area (Å²) in [7, 11) is 0. The normalized spacial score (nSPS) is 15.7. The Morgan fingerprint density at radius 2 is 2.17 bits per heavy atom. The number of aromatic nitrogens is 1. The van der Waals surface area contributed by atoms with Crippen molar-refractivity contribution in [2.75, 3.05) is 5.75 Å². The van der Waals surface area contributed by atoms with Gasteiger partial charge in [0.1, 0.15) is 0 Å². The molecule has 2 aromatic rings. The Morgan fingerprint density at radius 1 is 1.39 bits per heavy atom. The van der Waals surface area contributed by atoms with E-state index in [-0.39, 0.29) is 11.6 Å². The maximum Gasteiger partial charge on any atom is 0.270 e. The molecule has 0 aliphatic heterocycles. The molecule has 1 aliphatic carbocycles. The molecule has 8 heteroatoms. The lowest BCUT2D eigenvalue weighted by molar-refractivity contribution is -0.384. The van der Waals surface area contributed by atoms with E-state index in [1.54, 1.807) is 6.07 Å². The molecule has 6 nitrogen and oxygen atoms in total. The second-order valence-electron chi connectivity index (χ2n) is 5.58. The molecule has 0 bridgehead atoms. The summed E-state index contributed by atoms with van der Waals surface area (Å²) in [6.45, 7) is 0. The topological polar surface area (TPSA) is 85.1 Å². The van der Waals surface area contributed by atoms with Crippen LogP contribution in [0.4, 0.5) is 5.69 Å². The lowest BCUT2D eigenvalue weighted by Gasteiger charge is -2.22. The number of nitrogens with one attached hydrogen (secondary N) is 1. The molecule has 1 aliphatic rings. The number of nitro benzene ring substituents is 1. The Kier molecular flexibility index (Phi) is 5.12. The van der Waals surface area contributed by atoms with Crippen LogP contribution in [0.1, 0.15) is 32.1 Å². The highest BCUT2D eigenvalue weighted by atomic mass is 32.2. The van der Waals surface area contributed by atoms with Crippen molar-refractivity contribution in [3.63, 3.8) is 0 Å². The van der Waals surface area contributed by atoms with Gasteiger partial charge in [0.2, 0.25) is 5.91 Å². The van der Waals surface area contributed by atoms with Crippen LogP contribution in [-0.4, -0.2) is 27.6 Å². The summed E-state index contributed by atoms with van der Waals surface area (Å²) in [5.74, 6) is 0.366.